The number of rotatable bonds is 7. The number of piperazine rings is 1. The molecule has 0 bridgehead atoms. The van der Waals surface area contributed by atoms with Crippen molar-refractivity contribution in [3.05, 3.63) is 59.9 Å². The molecule has 1 atom stereocenters. The highest BCUT2D eigenvalue weighted by Crippen LogP contribution is 2.23. The monoisotopic (exact) mass is 392 g/mol. The first-order chi connectivity index (χ1) is 13.0. The highest BCUT2D eigenvalue weighted by molar-refractivity contribution is 7.82. The molecule has 8 heteroatoms. The Bertz CT molecular complexity index is 811. The van der Waals surface area contributed by atoms with E-state index < -0.39 is 29.4 Å². The van der Waals surface area contributed by atoms with Gasteiger partial charge in [-0.2, -0.15) is 0 Å². The molecule has 1 aliphatic rings. The highest BCUT2D eigenvalue weighted by Gasteiger charge is 2.23. The molecule has 2 aromatic carbocycles. The molecule has 0 spiro atoms. The van der Waals surface area contributed by atoms with Crippen LogP contribution in [0.15, 0.2) is 53.4 Å². The number of hydrogen-bond acceptors (Lipinski definition) is 4. The zero-order valence-electron chi connectivity index (χ0n) is 14.7. The minimum Gasteiger partial charge on any atom is -0.482 e. The van der Waals surface area contributed by atoms with Gasteiger partial charge in [-0.05, 0) is 30.3 Å². The van der Waals surface area contributed by atoms with E-state index in [2.05, 4.69) is 4.90 Å². The summed E-state index contributed by atoms with van der Waals surface area (Å²) < 4.78 is 33.4. The number of nitrogens with zero attached hydrogens (tertiary/aromatic N) is 2. The molecule has 27 heavy (non-hydrogen) atoms. The molecule has 0 aliphatic carbocycles. The first kappa shape index (κ1) is 19.5. The van der Waals surface area contributed by atoms with E-state index in [1.54, 1.807) is 0 Å². The standard InChI is InChI=1S/C19H21FN2O4S/c20-16-6-7-18(26-14-19(23)24)15(12-16)13-21-8-10-22(11-9-21)27(25)17-4-2-1-3-5-17/h1-7,12H,8-11,13-14H2,(H,23,24). The summed E-state index contributed by atoms with van der Waals surface area (Å²) in [5.74, 6) is -1.10. The molecule has 0 saturated carbocycles. The zero-order valence-corrected chi connectivity index (χ0v) is 15.5. The van der Waals surface area contributed by atoms with Crippen molar-refractivity contribution in [2.75, 3.05) is 32.8 Å². The van der Waals surface area contributed by atoms with Crippen molar-refractivity contribution in [2.45, 2.75) is 11.4 Å². The molecular formula is C19H21FN2O4S. The molecule has 1 fully saturated rings. The minimum atomic E-state index is -1.19. The van der Waals surface area contributed by atoms with Crippen LogP contribution >= 0.6 is 0 Å². The average Bonchev–Trinajstić information content (AvgIpc) is 2.68. The van der Waals surface area contributed by atoms with Gasteiger partial charge < -0.3 is 9.84 Å². The van der Waals surface area contributed by atoms with E-state index in [1.165, 1.54) is 18.2 Å². The number of ether oxygens (including phenoxy) is 1. The van der Waals surface area contributed by atoms with E-state index in [9.17, 15) is 13.4 Å². The van der Waals surface area contributed by atoms with Crippen molar-refractivity contribution < 1.29 is 23.2 Å². The van der Waals surface area contributed by atoms with Gasteiger partial charge >= 0.3 is 5.97 Å². The Morgan fingerprint density at radius 1 is 1.11 bits per heavy atom. The molecule has 6 nitrogen and oxygen atoms in total. The summed E-state index contributed by atoms with van der Waals surface area (Å²) in [6.45, 7) is 2.58. The summed E-state index contributed by atoms with van der Waals surface area (Å²) >= 11 is 0. The Kier molecular flexibility index (Phi) is 6.54. The Morgan fingerprint density at radius 3 is 2.48 bits per heavy atom. The lowest BCUT2D eigenvalue weighted by Crippen LogP contribution is -2.46. The van der Waals surface area contributed by atoms with Crippen molar-refractivity contribution in [1.29, 1.82) is 0 Å². The summed E-state index contributed by atoms with van der Waals surface area (Å²) in [4.78, 5) is 13.6. The van der Waals surface area contributed by atoms with E-state index in [0.29, 0.717) is 44.0 Å². The second-order valence-corrected chi connectivity index (χ2v) is 7.69. The molecule has 1 heterocycles. The fraction of sp³-hybridized carbons (Fsp3) is 0.316. The Morgan fingerprint density at radius 2 is 1.81 bits per heavy atom. The fourth-order valence-electron chi connectivity index (χ4n) is 2.93. The van der Waals surface area contributed by atoms with Gasteiger partial charge in [0.1, 0.15) is 22.6 Å². The average molecular weight is 392 g/mol. The number of carboxylic acids is 1. The van der Waals surface area contributed by atoms with Crippen molar-refractivity contribution in [3.8, 4) is 5.75 Å². The Hall–Kier alpha value is -2.29. The lowest BCUT2D eigenvalue weighted by molar-refractivity contribution is -0.139. The number of aliphatic carboxylic acids is 1. The summed E-state index contributed by atoms with van der Waals surface area (Å²) in [6, 6.07) is 13.4. The number of carboxylic acid groups (broad SMARTS) is 1. The van der Waals surface area contributed by atoms with Crippen molar-refractivity contribution in [1.82, 2.24) is 9.21 Å². The topological polar surface area (TPSA) is 70.1 Å². The van der Waals surface area contributed by atoms with Crippen LogP contribution in [0.25, 0.3) is 0 Å². The quantitative estimate of drug-likeness (QED) is 0.782. The second-order valence-electron chi connectivity index (χ2n) is 6.20. The maximum Gasteiger partial charge on any atom is 0.341 e. The number of benzene rings is 2. The second kappa shape index (κ2) is 9.07. The van der Waals surface area contributed by atoms with Crippen molar-refractivity contribution >= 4 is 17.0 Å². The summed E-state index contributed by atoms with van der Waals surface area (Å²) in [7, 11) is -1.19. The van der Waals surface area contributed by atoms with Gasteiger partial charge in [0.25, 0.3) is 0 Å². The molecule has 144 valence electrons. The number of carbonyl (C=O) groups is 1. The summed E-state index contributed by atoms with van der Waals surface area (Å²) in [5.41, 5.74) is 0.605. The van der Waals surface area contributed by atoms with Crippen LogP contribution in [0.4, 0.5) is 4.39 Å². The van der Waals surface area contributed by atoms with Crippen LogP contribution < -0.4 is 4.74 Å². The van der Waals surface area contributed by atoms with E-state index in [4.69, 9.17) is 9.84 Å². The van der Waals surface area contributed by atoms with Gasteiger partial charge in [-0.15, -0.1) is 0 Å². The van der Waals surface area contributed by atoms with Crippen LogP contribution in [-0.4, -0.2) is 57.3 Å². The van der Waals surface area contributed by atoms with Crippen molar-refractivity contribution in [2.24, 2.45) is 0 Å². The molecule has 3 rings (SSSR count). The lowest BCUT2D eigenvalue weighted by atomic mass is 10.1. The molecule has 0 radical (unpaired) electrons. The summed E-state index contributed by atoms with van der Waals surface area (Å²) in [6.07, 6.45) is 0. The highest BCUT2D eigenvalue weighted by atomic mass is 32.2. The van der Waals surface area contributed by atoms with E-state index >= 15 is 0 Å². The van der Waals surface area contributed by atoms with Crippen LogP contribution in [0.3, 0.4) is 0 Å². The minimum absolute atomic E-state index is 0.370. The molecule has 1 unspecified atom stereocenters. The molecule has 1 N–H and O–H groups in total. The first-order valence-electron chi connectivity index (χ1n) is 8.60. The molecule has 0 amide bonds. The third kappa shape index (κ3) is 5.35. The van der Waals surface area contributed by atoms with Gasteiger partial charge in [-0.3, -0.25) is 4.90 Å². The zero-order chi connectivity index (χ0) is 19.2. The van der Waals surface area contributed by atoms with Gasteiger partial charge in [0, 0.05) is 38.3 Å². The molecule has 1 aliphatic heterocycles. The smallest absolute Gasteiger partial charge is 0.341 e. The molecule has 1 saturated heterocycles. The predicted molar refractivity (Wildman–Crippen MR) is 99.2 cm³/mol. The van der Waals surface area contributed by atoms with Gasteiger partial charge in [0.05, 0.1) is 4.90 Å². The molecule has 2 aromatic rings. The van der Waals surface area contributed by atoms with E-state index in [-0.39, 0.29) is 0 Å². The van der Waals surface area contributed by atoms with Crippen LogP contribution in [0.5, 0.6) is 5.75 Å². The van der Waals surface area contributed by atoms with Crippen LogP contribution in [0, 0.1) is 5.82 Å². The van der Waals surface area contributed by atoms with Gasteiger partial charge in [-0.25, -0.2) is 17.7 Å². The molecule has 0 aromatic heterocycles. The molecular weight excluding hydrogens is 371 g/mol. The number of halogens is 1. The SMILES string of the molecule is O=C(O)COc1ccc(F)cc1CN1CCN(S(=O)c2ccccc2)CC1. The van der Waals surface area contributed by atoms with Crippen molar-refractivity contribution in [3.63, 3.8) is 0 Å². The normalized spacial score (nSPS) is 16.8. The Balaban J connectivity index is 1.60. The maximum atomic E-state index is 13.6. The maximum absolute atomic E-state index is 13.6. The fourth-order valence-corrected chi connectivity index (χ4v) is 4.12. The predicted octanol–water partition coefficient (Wildman–Crippen LogP) is 2.13. The Labute approximate surface area is 159 Å². The van der Waals surface area contributed by atoms with E-state index in [1.807, 2.05) is 34.6 Å². The largest absolute Gasteiger partial charge is 0.482 e. The third-order valence-electron chi connectivity index (χ3n) is 4.28. The number of hydrogen-bond donors (Lipinski definition) is 1. The lowest BCUT2D eigenvalue weighted by Gasteiger charge is -2.34. The summed E-state index contributed by atoms with van der Waals surface area (Å²) in [5, 5.41) is 8.77. The van der Waals surface area contributed by atoms with Gasteiger partial charge in [-0.1, -0.05) is 18.2 Å². The first-order valence-corrected chi connectivity index (χ1v) is 9.71. The van der Waals surface area contributed by atoms with Gasteiger partial charge in [0.15, 0.2) is 6.61 Å². The van der Waals surface area contributed by atoms with Gasteiger partial charge in [0.2, 0.25) is 0 Å². The van der Waals surface area contributed by atoms with Crippen LogP contribution in [0.1, 0.15) is 5.56 Å². The third-order valence-corrected chi connectivity index (χ3v) is 5.79. The van der Waals surface area contributed by atoms with Crippen LogP contribution in [-0.2, 0) is 22.3 Å². The van der Waals surface area contributed by atoms with Crippen LogP contribution in [0.2, 0.25) is 0 Å². The van der Waals surface area contributed by atoms with E-state index in [0.717, 1.165) is 4.90 Å².